The van der Waals surface area contributed by atoms with Crippen LogP contribution in [0.15, 0.2) is 18.2 Å². The number of benzene rings is 1. The van der Waals surface area contributed by atoms with Crippen molar-refractivity contribution in [2.75, 3.05) is 19.8 Å². The van der Waals surface area contributed by atoms with Crippen LogP contribution < -0.4 is 0 Å². The first-order chi connectivity index (χ1) is 8.09. The van der Waals surface area contributed by atoms with E-state index in [0.29, 0.717) is 25.3 Å². The molecule has 2 rings (SSSR count). The summed E-state index contributed by atoms with van der Waals surface area (Å²) in [5.74, 6) is 0.223. The number of hydrogen-bond acceptors (Lipinski definition) is 3. The molecule has 0 saturated carbocycles. The first kappa shape index (κ1) is 11.9. The third-order valence-electron chi connectivity index (χ3n) is 3.07. The van der Waals surface area contributed by atoms with Crippen LogP contribution in [0, 0.1) is 6.92 Å². The summed E-state index contributed by atoms with van der Waals surface area (Å²) in [5.41, 5.74) is 1.34. The zero-order valence-electron chi connectivity index (χ0n) is 10.1. The molecule has 1 amide bonds. The van der Waals surface area contributed by atoms with Crippen LogP contribution in [-0.2, 0) is 4.74 Å². The predicted molar refractivity (Wildman–Crippen MR) is 64.2 cm³/mol. The molecular formula is C13H17NO3. The van der Waals surface area contributed by atoms with E-state index in [1.165, 1.54) is 0 Å². The third kappa shape index (κ3) is 2.42. The van der Waals surface area contributed by atoms with E-state index >= 15 is 0 Å². The van der Waals surface area contributed by atoms with Crippen molar-refractivity contribution in [3.63, 3.8) is 0 Å². The van der Waals surface area contributed by atoms with E-state index in [0.717, 1.165) is 5.56 Å². The lowest BCUT2D eigenvalue weighted by Gasteiger charge is -2.33. The molecule has 0 radical (unpaired) electrons. The first-order valence-electron chi connectivity index (χ1n) is 5.78. The van der Waals surface area contributed by atoms with Gasteiger partial charge in [0.15, 0.2) is 0 Å². The number of phenolic OH excluding ortho intramolecular Hbond substituents is 1. The molecule has 1 fully saturated rings. The molecule has 1 heterocycles. The Labute approximate surface area is 101 Å². The summed E-state index contributed by atoms with van der Waals surface area (Å²) in [6.45, 7) is 5.56. The van der Waals surface area contributed by atoms with Crippen molar-refractivity contribution in [2.24, 2.45) is 0 Å². The third-order valence-corrected chi connectivity index (χ3v) is 3.07. The van der Waals surface area contributed by atoms with Gasteiger partial charge in [0.1, 0.15) is 5.75 Å². The van der Waals surface area contributed by atoms with Gasteiger partial charge in [0.2, 0.25) is 0 Å². The van der Waals surface area contributed by atoms with Gasteiger partial charge in [-0.25, -0.2) is 0 Å². The first-order valence-corrected chi connectivity index (χ1v) is 5.78. The van der Waals surface area contributed by atoms with Gasteiger partial charge in [0, 0.05) is 12.1 Å². The van der Waals surface area contributed by atoms with Crippen molar-refractivity contribution in [3.8, 4) is 5.75 Å². The average Bonchev–Trinajstić information content (AvgIpc) is 2.32. The lowest BCUT2D eigenvalue weighted by atomic mass is 10.1. The Morgan fingerprint density at radius 1 is 1.53 bits per heavy atom. The quantitative estimate of drug-likeness (QED) is 0.803. The zero-order chi connectivity index (χ0) is 12.4. The standard InChI is InChI=1S/C13H17NO3/c1-9-7-11(3-4-12(9)15)13(16)14-5-6-17-8-10(14)2/h3-4,7,10,15H,5-6,8H2,1-2H3. The number of amides is 1. The van der Waals surface area contributed by atoms with Gasteiger partial charge >= 0.3 is 0 Å². The van der Waals surface area contributed by atoms with Crippen LogP contribution in [0.2, 0.25) is 0 Å². The van der Waals surface area contributed by atoms with Gasteiger partial charge in [-0.3, -0.25) is 4.79 Å². The van der Waals surface area contributed by atoms with E-state index < -0.39 is 0 Å². The lowest BCUT2D eigenvalue weighted by molar-refractivity contribution is 0.00359. The second kappa shape index (κ2) is 4.75. The Bertz CT molecular complexity index is 431. The fourth-order valence-corrected chi connectivity index (χ4v) is 1.98. The van der Waals surface area contributed by atoms with E-state index in [9.17, 15) is 9.90 Å². The SMILES string of the molecule is Cc1cc(C(=O)N2CCOCC2C)ccc1O. The highest BCUT2D eigenvalue weighted by atomic mass is 16.5. The van der Waals surface area contributed by atoms with Crippen molar-refractivity contribution < 1.29 is 14.6 Å². The molecule has 4 heteroatoms. The van der Waals surface area contributed by atoms with E-state index in [-0.39, 0.29) is 17.7 Å². The topological polar surface area (TPSA) is 49.8 Å². The Morgan fingerprint density at radius 3 is 2.94 bits per heavy atom. The summed E-state index contributed by atoms with van der Waals surface area (Å²) in [6, 6.07) is 5.05. The maximum atomic E-state index is 12.3. The molecule has 0 aromatic heterocycles. The number of aromatic hydroxyl groups is 1. The fourth-order valence-electron chi connectivity index (χ4n) is 1.98. The number of phenols is 1. The van der Waals surface area contributed by atoms with Crippen LogP contribution in [0.4, 0.5) is 0 Å². The summed E-state index contributed by atoms with van der Waals surface area (Å²) in [5, 5.41) is 9.44. The molecule has 1 aliphatic rings. The second-order valence-electron chi connectivity index (χ2n) is 4.42. The number of carbonyl (C=O) groups is 1. The molecule has 0 spiro atoms. The minimum atomic E-state index is 0.00361. The fraction of sp³-hybridized carbons (Fsp3) is 0.462. The summed E-state index contributed by atoms with van der Waals surface area (Å²) in [4.78, 5) is 14.1. The molecule has 17 heavy (non-hydrogen) atoms. The molecule has 92 valence electrons. The van der Waals surface area contributed by atoms with Crippen LogP contribution in [0.1, 0.15) is 22.8 Å². The van der Waals surface area contributed by atoms with Crippen molar-refractivity contribution in [1.82, 2.24) is 4.90 Å². The Kier molecular flexibility index (Phi) is 3.33. The number of ether oxygens (including phenoxy) is 1. The summed E-state index contributed by atoms with van der Waals surface area (Å²) in [6.07, 6.45) is 0. The van der Waals surface area contributed by atoms with Crippen LogP contribution in [0.3, 0.4) is 0 Å². The number of hydrogen-bond donors (Lipinski definition) is 1. The molecule has 1 aromatic rings. The summed E-state index contributed by atoms with van der Waals surface area (Å²) >= 11 is 0. The number of rotatable bonds is 1. The van der Waals surface area contributed by atoms with Gasteiger partial charge in [-0.2, -0.15) is 0 Å². The van der Waals surface area contributed by atoms with Gasteiger partial charge in [0.05, 0.1) is 19.3 Å². The van der Waals surface area contributed by atoms with Gasteiger partial charge in [-0.1, -0.05) is 0 Å². The molecule has 0 aliphatic carbocycles. The largest absolute Gasteiger partial charge is 0.508 e. The highest BCUT2D eigenvalue weighted by molar-refractivity contribution is 5.94. The number of nitrogens with zero attached hydrogens (tertiary/aromatic N) is 1. The van der Waals surface area contributed by atoms with Crippen molar-refractivity contribution in [2.45, 2.75) is 19.9 Å². The molecule has 1 saturated heterocycles. The van der Waals surface area contributed by atoms with Crippen molar-refractivity contribution in [3.05, 3.63) is 29.3 Å². The summed E-state index contributed by atoms with van der Waals surface area (Å²) in [7, 11) is 0. The second-order valence-corrected chi connectivity index (χ2v) is 4.42. The van der Waals surface area contributed by atoms with E-state index in [2.05, 4.69) is 0 Å². The molecule has 4 nitrogen and oxygen atoms in total. The number of aryl methyl sites for hydroxylation is 1. The monoisotopic (exact) mass is 235 g/mol. The van der Waals surface area contributed by atoms with E-state index in [4.69, 9.17) is 4.74 Å². The van der Waals surface area contributed by atoms with E-state index in [1.807, 2.05) is 11.8 Å². The molecule has 1 unspecified atom stereocenters. The maximum Gasteiger partial charge on any atom is 0.254 e. The minimum Gasteiger partial charge on any atom is -0.508 e. The normalized spacial score (nSPS) is 20.4. The van der Waals surface area contributed by atoms with E-state index in [1.54, 1.807) is 25.1 Å². The highest BCUT2D eigenvalue weighted by Gasteiger charge is 2.24. The number of morpholine rings is 1. The van der Waals surface area contributed by atoms with Gasteiger partial charge in [-0.05, 0) is 37.6 Å². The molecular weight excluding hydrogens is 218 g/mol. The smallest absolute Gasteiger partial charge is 0.254 e. The van der Waals surface area contributed by atoms with Crippen LogP contribution in [-0.4, -0.2) is 41.7 Å². The van der Waals surface area contributed by atoms with Crippen LogP contribution in [0.5, 0.6) is 5.75 Å². The van der Waals surface area contributed by atoms with Crippen LogP contribution in [0.25, 0.3) is 0 Å². The summed E-state index contributed by atoms with van der Waals surface area (Å²) < 4.78 is 5.31. The van der Waals surface area contributed by atoms with Crippen molar-refractivity contribution >= 4 is 5.91 Å². The molecule has 1 aromatic carbocycles. The molecule has 1 N–H and O–H groups in total. The average molecular weight is 235 g/mol. The van der Waals surface area contributed by atoms with Crippen LogP contribution >= 0.6 is 0 Å². The Balaban J connectivity index is 2.21. The predicted octanol–water partition coefficient (Wildman–Crippen LogP) is 1.56. The van der Waals surface area contributed by atoms with Gasteiger partial charge < -0.3 is 14.7 Å². The molecule has 1 aliphatic heterocycles. The highest BCUT2D eigenvalue weighted by Crippen LogP contribution is 2.19. The molecule has 0 bridgehead atoms. The zero-order valence-corrected chi connectivity index (χ0v) is 10.1. The Hall–Kier alpha value is -1.55. The van der Waals surface area contributed by atoms with Gasteiger partial charge in [0.25, 0.3) is 5.91 Å². The van der Waals surface area contributed by atoms with Gasteiger partial charge in [-0.15, -0.1) is 0 Å². The number of carbonyl (C=O) groups excluding carboxylic acids is 1. The minimum absolute atomic E-state index is 0.00361. The lowest BCUT2D eigenvalue weighted by Crippen LogP contribution is -2.47. The van der Waals surface area contributed by atoms with Crippen molar-refractivity contribution in [1.29, 1.82) is 0 Å². The maximum absolute atomic E-state index is 12.3. The molecule has 1 atom stereocenters. The Morgan fingerprint density at radius 2 is 2.29 bits per heavy atom.